The first-order valence-electron chi connectivity index (χ1n) is 7.83. The molecule has 1 aromatic rings. The molecule has 24 heavy (non-hydrogen) atoms. The van der Waals surface area contributed by atoms with Gasteiger partial charge in [-0.15, -0.1) is 6.58 Å². The normalized spacial score (nSPS) is 23.9. The fraction of sp³-hybridized carbons (Fsp3) is 0.471. The van der Waals surface area contributed by atoms with E-state index in [2.05, 4.69) is 6.58 Å². The lowest BCUT2D eigenvalue weighted by Crippen LogP contribution is -2.51. The maximum Gasteiger partial charge on any atom is 0.231 e. The van der Waals surface area contributed by atoms with E-state index in [0.717, 1.165) is 5.56 Å². The number of amides is 1. The van der Waals surface area contributed by atoms with Crippen molar-refractivity contribution in [3.05, 3.63) is 36.4 Å². The highest BCUT2D eigenvalue weighted by Crippen LogP contribution is 2.34. The van der Waals surface area contributed by atoms with Gasteiger partial charge in [0.25, 0.3) is 0 Å². The molecular weight excluding hydrogens is 330 g/mol. The second-order valence-electron chi connectivity index (χ2n) is 6.50. The standard InChI is InChI=1S/C17H21NO5S/c1-3-7-18(17(2)6-8-24(20,21)11-17)16(19)10-13-4-5-14-15(9-13)23-12-22-14/h3-5,9H,1,6-8,10-12H2,2H3/t17-/m1/s1. The third-order valence-electron chi connectivity index (χ3n) is 4.54. The van der Waals surface area contributed by atoms with Gasteiger partial charge in [-0.25, -0.2) is 8.42 Å². The Bertz CT molecular complexity index is 773. The molecular formula is C17H21NO5S. The number of benzene rings is 1. The number of ether oxygens (including phenoxy) is 2. The quantitative estimate of drug-likeness (QED) is 0.753. The lowest BCUT2D eigenvalue weighted by atomic mass is 9.97. The van der Waals surface area contributed by atoms with Crippen molar-refractivity contribution in [3.8, 4) is 11.5 Å². The number of fused-ring (bicyclic) bond motifs is 1. The lowest BCUT2D eigenvalue weighted by Gasteiger charge is -2.37. The fourth-order valence-electron chi connectivity index (χ4n) is 3.28. The van der Waals surface area contributed by atoms with Crippen LogP contribution in [0.15, 0.2) is 30.9 Å². The highest BCUT2D eigenvalue weighted by Gasteiger charge is 2.44. The number of carbonyl (C=O) groups is 1. The maximum absolute atomic E-state index is 12.8. The van der Waals surface area contributed by atoms with E-state index in [0.29, 0.717) is 24.5 Å². The van der Waals surface area contributed by atoms with Crippen molar-refractivity contribution in [3.63, 3.8) is 0 Å². The Kier molecular flexibility index (Phi) is 4.29. The summed E-state index contributed by atoms with van der Waals surface area (Å²) in [6, 6.07) is 5.40. The number of carbonyl (C=O) groups excluding carboxylic acids is 1. The van der Waals surface area contributed by atoms with E-state index in [-0.39, 0.29) is 30.6 Å². The largest absolute Gasteiger partial charge is 0.454 e. The minimum Gasteiger partial charge on any atom is -0.454 e. The van der Waals surface area contributed by atoms with Crippen LogP contribution in [0.1, 0.15) is 18.9 Å². The van der Waals surface area contributed by atoms with Crippen molar-refractivity contribution in [2.45, 2.75) is 25.3 Å². The van der Waals surface area contributed by atoms with E-state index in [1.807, 2.05) is 13.0 Å². The summed E-state index contributed by atoms with van der Waals surface area (Å²) in [4.78, 5) is 14.5. The van der Waals surface area contributed by atoms with E-state index in [4.69, 9.17) is 9.47 Å². The molecule has 1 saturated heterocycles. The highest BCUT2D eigenvalue weighted by molar-refractivity contribution is 7.91. The molecule has 1 amide bonds. The molecule has 0 unspecified atom stereocenters. The van der Waals surface area contributed by atoms with Gasteiger partial charge in [0, 0.05) is 6.54 Å². The number of rotatable bonds is 5. The van der Waals surface area contributed by atoms with E-state index in [1.165, 1.54) is 0 Å². The first-order chi connectivity index (χ1) is 11.3. The summed E-state index contributed by atoms with van der Waals surface area (Å²) in [5, 5.41) is 0. The zero-order valence-electron chi connectivity index (χ0n) is 13.7. The third-order valence-corrected chi connectivity index (χ3v) is 6.43. The van der Waals surface area contributed by atoms with Crippen LogP contribution in [0.5, 0.6) is 11.5 Å². The van der Waals surface area contributed by atoms with Gasteiger partial charge in [-0.3, -0.25) is 4.79 Å². The SMILES string of the molecule is C=CCN(C(=O)Cc1ccc2c(c1)OCO2)[C@]1(C)CCS(=O)(=O)C1. The molecule has 7 heteroatoms. The van der Waals surface area contributed by atoms with Crippen LogP contribution in [0.4, 0.5) is 0 Å². The minimum absolute atomic E-state index is 0.000713. The number of hydrogen-bond donors (Lipinski definition) is 0. The molecule has 0 bridgehead atoms. The monoisotopic (exact) mass is 351 g/mol. The molecule has 0 aromatic heterocycles. The van der Waals surface area contributed by atoms with Gasteiger partial charge in [-0.05, 0) is 31.0 Å². The molecule has 0 radical (unpaired) electrons. The van der Waals surface area contributed by atoms with Gasteiger partial charge in [-0.2, -0.15) is 0 Å². The van der Waals surface area contributed by atoms with E-state index >= 15 is 0 Å². The van der Waals surface area contributed by atoms with Crippen LogP contribution in [0.25, 0.3) is 0 Å². The summed E-state index contributed by atoms with van der Waals surface area (Å²) in [6.45, 7) is 6.04. The summed E-state index contributed by atoms with van der Waals surface area (Å²) < 4.78 is 34.3. The van der Waals surface area contributed by atoms with E-state index < -0.39 is 15.4 Å². The Morgan fingerprint density at radius 2 is 2.12 bits per heavy atom. The molecule has 1 fully saturated rings. The van der Waals surface area contributed by atoms with Gasteiger partial charge in [-0.1, -0.05) is 12.1 Å². The topological polar surface area (TPSA) is 72.9 Å². The molecule has 0 spiro atoms. The van der Waals surface area contributed by atoms with Crippen molar-refractivity contribution in [2.24, 2.45) is 0 Å². The zero-order chi connectivity index (χ0) is 17.4. The van der Waals surface area contributed by atoms with Crippen LogP contribution >= 0.6 is 0 Å². The summed E-state index contributed by atoms with van der Waals surface area (Å²) >= 11 is 0. The van der Waals surface area contributed by atoms with Crippen molar-refractivity contribution < 1.29 is 22.7 Å². The lowest BCUT2D eigenvalue weighted by molar-refractivity contribution is -0.134. The molecule has 6 nitrogen and oxygen atoms in total. The van der Waals surface area contributed by atoms with Crippen LogP contribution < -0.4 is 9.47 Å². The second kappa shape index (κ2) is 6.12. The zero-order valence-corrected chi connectivity index (χ0v) is 14.5. The predicted molar refractivity (Wildman–Crippen MR) is 89.9 cm³/mol. The molecule has 2 heterocycles. The van der Waals surface area contributed by atoms with Crippen molar-refractivity contribution in [1.82, 2.24) is 4.90 Å². The van der Waals surface area contributed by atoms with E-state index in [1.54, 1.807) is 23.1 Å². The smallest absolute Gasteiger partial charge is 0.231 e. The maximum atomic E-state index is 12.8. The molecule has 0 saturated carbocycles. The third kappa shape index (κ3) is 3.26. The Morgan fingerprint density at radius 3 is 2.79 bits per heavy atom. The van der Waals surface area contributed by atoms with Crippen molar-refractivity contribution >= 4 is 15.7 Å². The van der Waals surface area contributed by atoms with E-state index in [9.17, 15) is 13.2 Å². The number of nitrogens with zero attached hydrogens (tertiary/aromatic N) is 1. The van der Waals surface area contributed by atoms with Crippen molar-refractivity contribution in [1.29, 1.82) is 0 Å². The van der Waals surface area contributed by atoms with Gasteiger partial charge in [0.2, 0.25) is 12.7 Å². The molecule has 0 N–H and O–H groups in total. The van der Waals surface area contributed by atoms with Crippen LogP contribution in [0.2, 0.25) is 0 Å². The molecule has 1 atom stereocenters. The average Bonchev–Trinajstić information content (AvgIpc) is 3.08. The van der Waals surface area contributed by atoms with Gasteiger partial charge in [0.05, 0.1) is 23.5 Å². The molecule has 1 aromatic carbocycles. The van der Waals surface area contributed by atoms with Gasteiger partial charge < -0.3 is 14.4 Å². The Balaban J connectivity index is 1.79. The Hall–Kier alpha value is -2.02. The first kappa shape index (κ1) is 16.8. The molecule has 2 aliphatic heterocycles. The van der Waals surface area contributed by atoms with Gasteiger partial charge >= 0.3 is 0 Å². The Morgan fingerprint density at radius 1 is 1.38 bits per heavy atom. The van der Waals surface area contributed by atoms with Gasteiger partial charge in [0.1, 0.15) is 0 Å². The fourth-order valence-corrected chi connectivity index (χ4v) is 5.42. The molecule has 130 valence electrons. The highest BCUT2D eigenvalue weighted by atomic mass is 32.2. The predicted octanol–water partition coefficient (Wildman–Crippen LogP) is 1.55. The van der Waals surface area contributed by atoms with Gasteiger partial charge in [0.15, 0.2) is 21.3 Å². The Labute approximate surface area is 142 Å². The molecule has 0 aliphatic carbocycles. The van der Waals surface area contributed by atoms with Crippen molar-refractivity contribution in [2.75, 3.05) is 24.8 Å². The molecule has 2 aliphatic rings. The summed E-state index contributed by atoms with van der Waals surface area (Å²) in [5.41, 5.74) is 0.128. The summed E-state index contributed by atoms with van der Waals surface area (Å²) in [5.74, 6) is 1.30. The van der Waals surface area contributed by atoms with Crippen LogP contribution in [-0.2, 0) is 21.1 Å². The van der Waals surface area contributed by atoms with Crippen LogP contribution in [-0.4, -0.2) is 49.6 Å². The summed E-state index contributed by atoms with van der Waals surface area (Å²) in [7, 11) is -3.10. The average molecular weight is 351 g/mol. The second-order valence-corrected chi connectivity index (χ2v) is 8.68. The summed E-state index contributed by atoms with van der Waals surface area (Å²) in [6.07, 6.45) is 2.27. The van der Waals surface area contributed by atoms with Crippen LogP contribution in [0.3, 0.4) is 0 Å². The molecule has 3 rings (SSSR count). The number of sulfone groups is 1. The number of hydrogen-bond acceptors (Lipinski definition) is 5. The van der Waals surface area contributed by atoms with Crippen LogP contribution in [0, 0.1) is 0 Å². The first-order valence-corrected chi connectivity index (χ1v) is 9.65. The minimum atomic E-state index is -3.10.